The molecule has 1 rings (SSSR count). The summed E-state index contributed by atoms with van der Waals surface area (Å²) in [6.07, 6.45) is 4.68. The van der Waals surface area contributed by atoms with Crippen LogP contribution in [0, 0.1) is 0 Å². The van der Waals surface area contributed by atoms with Gasteiger partial charge in [-0.1, -0.05) is 6.92 Å². The topological polar surface area (TPSA) is 59.0 Å². The van der Waals surface area contributed by atoms with Gasteiger partial charge < -0.3 is 10.6 Å². The first kappa shape index (κ1) is 11.7. The van der Waals surface area contributed by atoms with E-state index < -0.39 is 0 Å². The third kappa shape index (κ3) is 4.60. The molecule has 0 atom stereocenters. The third-order valence-electron chi connectivity index (χ3n) is 1.95. The van der Waals surface area contributed by atoms with Crippen LogP contribution in [0.25, 0.3) is 0 Å². The maximum atomic E-state index is 11.2. The van der Waals surface area contributed by atoms with Crippen LogP contribution in [0.5, 0.6) is 0 Å². The second kappa shape index (κ2) is 6.19. The van der Waals surface area contributed by atoms with Crippen molar-refractivity contribution in [2.45, 2.75) is 19.9 Å². The van der Waals surface area contributed by atoms with Gasteiger partial charge in [0.25, 0.3) is 0 Å². The Bertz CT molecular complexity index is 308. The fourth-order valence-electron chi connectivity index (χ4n) is 1.21. The van der Waals surface area contributed by atoms with Crippen LogP contribution in [0.15, 0.2) is 12.4 Å². The van der Waals surface area contributed by atoms with Crippen LogP contribution >= 0.6 is 0 Å². The summed E-state index contributed by atoms with van der Waals surface area (Å²) in [5.41, 5.74) is 1.08. The van der Waals surface area contributed by atoms with Gasteiger partial charge >= 0.3 is 0 Å². The maximum absolute atomic E-state index is 11.2. The first-order valence-electron chi connectivity index (χ1n) is 5.17. The standard InChI is InChI=1S/C10H18N4O/c1-3-4-12-10(15)7-11-5-9-6-13-14(2)8-9/h6,8,11H,3-5,7H2,1-2H3,(H,12,15). The van der Waals surface area contributed by atoms with Gasteiger partial charge in [-0.2, -0.15) is 5.10 Å². The van der Waals surface area contributed by atoms with Crippen LogP contribution < -0.4 is 10.6 Å². The molecule has 0 spiro atoms. The van der Waals surface area contributed by atoms with Crippen molar-refractivity contribution in [1.82, 2.24) is 20.4 Å². The van der Waals surface area contributed by atoms with E-state index >= 15 is 0 Å². The van der Waals surface area contributed by atoms with Crippen molar-refractivity contribution in [3.63, 3.8) is 0 Å². The Morgan fingerprint density at radius 3 is 3.00 bits per heavy atom. The van der Waals surface area contributed by atoms with Crippen molar-refractivity contribution < 1.29 is 4.79 Å². The first-order chi connectivity index (χ1) is 7.22. The minimum absolute atomic E-state index is 0.0424. The van der Waals surface area contributed by atoms with Crippen LogP contribution in [-0.4, -0.2) is 28.8 Å². The molecule has 0 unspecified atom stereocenters. The van der Waals surface area contributed by atoms with Crippen LogP contribution in [0.3, 0.4) is 0 Å². The minimum Gasteiger partial charge on any atom is -0.355 e. The summed E-state index contributed by atoms with van der Waals surface area (Å²) < 4.78 is 1.74. The van der Waals surface area contributed by atoms with Gasteiger partial charge in [0.15, 0.2) is 0 Å². The molecule has 1 amide bonds. The summed E-state index contributed by atoms with van der Waals surface area (Å²) in [7, 11) is 1.87. The van der Waals surface area contributed by atoms with Gasteiger partial charge in [0.1, 0.15) is 0 Å². The van der Waals surface area contributed by atoms with Crippen LogP contribution in [0.2, 0.25) is 0 Å². The second-order valence-corrected chi connectivity index (χ2v) is 3.48. The van der Waals surface area contributed by atoms with Gasteiger partial charge in [-0.05, 0) is 6.42 Å². The smallest absolute Gasteiger partial charge is 0.233 e. The molecule has 0 fully saturated rings. The Morgan fingerprint density at radius 1 is 1.60 bits per heavy atom. The molecule has 0 saturated heterocycles. The molecule has 1 aromatic heterocycles. The number of hydrogen-bond acceptors (Lipinski definition) is 3. The largest absolute Gasteiger partial charge is 0.355 e. The maximum Gasteiger partial charge on any atom is 0.233 e. The predicted octanol–water partition coefficient (Wildman–Crippen LogP) is 0.0359. The highest BCUT2D eigenvalue weighted by Crippen LogP contribution is 1.93. The third-order valence-corrected chi connectivity index (χ3v) is 1.95. The number of hydrogen-bond donors (Lipinski definition) is 2. The van der Waals surface area contributed by atoms with E-state index in [-0.39, 0.29) is 5.91 Å². The van der Waals surface area contributed by atoms with E-state index in [1.54, 1.807) is 10.9 Å². The summed E-state index contributed by atoms with van der Waals surface area (Å²) in [6, 6.07) is 0. The number of rotatable bonds is 6. The molecule has 0 aliphatic rings. The quantitative estimate of drug-likeness (QED) is 0.696. The number of carbonyl (C=O) groups is 1. The summed E-state index contributed by atoms with van der Waals surface area (Å²) in [4.78, 5) is 11.2. The lowest BCUT2D eigenvalue weighted by molar-refractivity contribution is -0.120. The normalized spacial score (nSPS) is 10.3. The summed E-state index contributed by atoms with van der Waals surface area (Å²) in [5, 5.41) is 9.90. The fourth-order valence-corrected chi connectivity index (χ4v) is 1.21. The van der Waals surface area contributed by atoms with E-state index in [0.717, 1.165) is 18.5 Å². The molecule has 0 bridgehead atoms. The number of amides is 1. The Labute approximate surface area is 89.9 Å². The molecule has 0 radical (unpaired) electrons. The second-order valence-electron chi connectivity index (χ2n) is 3.48. The predicted molar refractivity (Wildman–Crippen MR) is 58.2 cm³/mol. The van der Waals surface area contributed by atoms with Gasteiger partial charge in [0.2, 0.25) is 5.91 Å². The van der Waals surface area contributed by atoms with Crippen molar-refractivity contribution in [1.29, 1.82) is 0 Å². The molecule has 0 saturated carbocycles. The zero-order valence-corrected chi connectivity index (χ0v) is 9.29. The number of aryl methyl sites for hydroxylation is 1. The number of nitrogens with zero attached hydrogens (tertiary/aromatic N) is 2. The van der Waals surface area contributed by atoms with Crippen molar-refractivity contribution in [2.75, 3.05) is 13.1 Å². The van der Waals surface area contributed by atoms with Gasteiger partial charge in [-0.3, -0.25) is 9.48 Å². The molecule has 5 heteroatoms. The highest BCUT2D eigenvalue weighted by atomic mass is 16.1. The average Bonchev–Trinajstić information content (AvgIpc) is 2.61. The lowest BCUT2D eigenvalue weighted by Crippen LogP contribution is -2.33. The van der Waals surface area contributed by atoms with Gasteiger partial charge in [-0.15, -0.1) is 0 Å². The Morgan fingerprint density at radius 2 is 2.40 bits per heavy atom. The van der Waals surface area contributed by atoms with Crippen LogP contribution in [0.1, 0.15) is 18.9 Å². The molecular weight excluding hydrogens is 192 g/mol. The zero-order chi connectivity index (χ0) is 11.1. The van der Waals surface area contributed by atoms with Crippen molar-refractivity contribution >= 4 is 5.91 Å². The van der Waals surface area contributed by atoms with Crippen molar-refractivity contribution in [3.8, 4) is 0 Å². The minimum atomic E-state index is 0.0424. The zero-order valence-electron chi connectivity index (χ0n) is 9.29. The fraction of sp³-hybridized carbons (Fsp3) is 0.600. The molecule has 1 heterocycles. The summed E-state index contributed by atoms with van der Waals surface area (Å²) in [5.74, 6) is 0.0424. The Kier molecular flexibility index (Phi) is 4.83. The van der Waals surface area contributed by atoms with Gasteiger partial charge in [-0.25, -0.2) is 0 Å². The molecule has 5 nitrogen and oxygen atoms in total. The molecule has 84 valence electrons. The monoisotopic (exact) mass is 210 g/mol. The molecular formula is C10H18N4O. The average molecular weight is 210 g/mol. The molecule has 15 heavy (non-hydrogen) atoms. The molecule has 0 aromatic carbocycles. The Balaban J connectivity index is 2.13. The first-order valence-corrected chi connectivity index (χ1v) is 5.17. The summed E-state index contributed by atoms with van der Waals surface area (Å²) >= 11 is 0. The van der Waals surface area contributed by atoms with E-state index in [0.29, 0.717) is 13.1 Å². The van der Waals surface area contributed by atoms with Crippen molar-refractivity contribution in [3.05, 3.63) is 18.0 Å². The van der Waals surface area contributed by atoms with Crippen LogP contribution in [0.4, 0.5) is 0 Å². The highest BCUT2D eigenvalue weighted by Gasteiger charge is 2.00. The number of nitrogens with one attached hydrogen (secondary N) is 2. The lowest BCUT2D eigenvalue weighted by atomic mass is 10.3. The van der Waals surface area contributed by atoms with E-state index in [2.05, 4.69) is 15.7 Å². The van der Waals surface area contributed by atoms with Crippen molar-refractivity contribution in [2.24, 2.45) is 7.05 Å². The van der Waals surface area contributed by atoms with E-state index in [1.165, 1.54) is 0 Å². The van der Waals surface area contributed by atoms with E-state index in [4.69, 9.17) is 0 Å². The molecule has 2 N–H and O–H groups in total. The van der Waals surface area contributed by atoms with Crippen LogP contribution in [-0.2, 0) is 18.4 Å². The van der Waals surface area contributed by atoms with Gasteiger partial charge in [0, 0.05) is 31.9 Å². The summed E-state index contributed by atoms with van der Waals surface area (Å²) in [6.45, 7) is 3.80. The van der Waals surface area contributed by atoms with Gasteiger partial charge in [0.05, 0.1) is 12.7 Å². The number of aromatic nitrogens is 2. The SMILES string of the molecule is CCCNC(=O)CNCc1cnn(C)c1. The molecule has 0 aliphatic heterocycles. The highest BCUT2D eigenvalue weighted by molar-refractivity contribution is 5.77. The van der Waals surface area contributed by atoms with E-state index in [1.807, 2.05) is 20.2 Å². The molecule has 0 aliphatic carbocycles. The molecule has 1 aromatic rings. The lowest BCUT2D eigenvalue weighted by Gasteiger charge is -2.04. The number of carbonyl (C=O) groups excluding carboxylic acids is 1. The Hall–Kier alpha value is -1.36. The van der Waals surface area contributed by atoms with E-state index in [9.17, 15) is 4.79 Å².